The highest BCUT2D eigenvalue weighted by molar-refractivity contribution is 7.15. The van der Waals surface area contributed by atoms with Crippen LogP contribution in [0.1, 0.15) is 51.2 Å². The average molecular weight is 360 g/mol. The Hall–Kier alpha value is -2.34. The van der Waals surface area contributed by atoms with Crippen LogP contribution in [0.25, 0.3) is 0 Å². The molecule has 1 aliphatic rings. The van der Waals surface area contributed by atoms with Gasteiger partial charge in [-0.05, 0) is 45.0 Å². The molecule has 132 valence electrons. The lowest BCUT2D eigenvalue weighted by Crippen LogP contribution is -2.06. The SMILES string of the molecule is CCOc1cc2c(cc1COC(=O)c1ccc(C(C)=O)s1)O[C@H](C)C2. The van der Waals surface area contributed by atoms with Crippen molar-refractivity contribution in [3.05, 3.63) is 45.1 Å². The second-order valence-corrected chi connectivity index (χ2v) is 7.01. The van der Waals surface area contributed by atoms with Crippen LogP contribution in [0.2, 0.25) is 0 Å². The van der Waals surface area contributed by atoms with Crippen molar-refractivity contribution in [2.45, 2.75) is 39.9 Å². The van der Waals surface area contributed by atoms with Crippen LogP contribution in [0.4, 0.5) is 0 Å². The molecule has 0 bridgehead atoms. The molecule has 25 heavy (non-hydrogen) atoms. The number of ether oxygens (including phenoxy) is 3. The molecule has 2 heterocycles. The van der Waals surface area contributed by atoms with Crippen LogP contribution in [0.15, 0.2) is 24.3 Å². The summed E-state index contributed by atoms with van der Waals surface area (Å²) in [6, 6.07) is 7.09. The number of carbonyl (C=O) groups excluding carboxylic acids is 2. The largest absolute Gasteiger partial charge is 0.493 e. The van der Waals surface area contributed by atoms with Gasteiger partial charge in [-0.3, -0.25) is 4.79 Å². The van der Waals surface area contributed by atoms with E-state index in [0.29, 0.717) is 22.1 Å². The summed E-state index contributed by atoms with van der Waals surface area (Å²) in [7, 11) is 0. The zero-order chi connectivity index (χ0) is 18.0. The Bertz CT molecular complexity index is 808. The third-order valence-corrected chi connectivity index (χ3v) is 5.06. The molecule has 0 fully saturated rings. The minimum Gasteiger partial charge on any atom is -0.493 e. The number of carbonyl (C=O) groups is 2. The van der Waals surface area contributed by atoms with Gasteiger partial charge in [0, 0.05) is 17.5 Å². The number of fused-ring (bicyclic) bond motifs is 1. The molecule has 0 saturated heterocycles. The van der Waals surface area contributed by atoms with Crippen LogP contribution in [0, 0.1) is 0 Å². The molecule has 2 aromatic rings. The lowest BCUT2D eigenvalue weighted by Gasteiger charge is -2.12. The van der Waals surface area contributed by atoms with Crippen molar-refractivity contribution in [1.29, 1.82) is 0 Å². The summed E-state index contributed by atoms with van der Waals surface area (Å²) in [6.45, 7) is 6.02. The zero-order valence-electron chi connectivity index (χ0n) is 14.5. The van der Waals surface area contributed by atoms with Crippen molar-refractivity contribution in [2.24, 2.45) is 0 Å². The van der Waals surface area contributed by atoms with E-state index < -0.39 is 5.97 Å². The van der Waals surface area contributed by atoms with Gasteiger partial charge in [0.15, 0.2) is 5.78 Å². The van der Waals surface area contributed by atoms with E-state index in [9.17, 15) is 9.59 Å². The normalized spacial score (nSPS) is 15.4. The highest BCUT2D eigenvalue weighted by Crippen LogP contribution is 2.35. The molecule has 0 N–H and O–H groups in total. The monoisotopic (exact) mass is 360 g/mol. The van der Waals surface area contributed by atoms with E-state index in [-0.39, 0.29) is 18.5 Å². The van der Waals surface area contributed by atoms with Crippen LogP contribution < -0.4 is 9.47 Å². The molecule has 1 aliphatic heterocycles. The fourth-order valence-electron chi connectivity index (χ4n) is 2.74. The first-order valence-electron chi connectivity index (χ1n) is 8.21. The Labute approximate surface area is 150 Å². The Morgan fingerprint density at radius 3 is 2.72 bits per heavy atom. The van der Waals surface area contributed by atoms with Crippen LogP contribution >= 0.6 is 11.3 Å². The van der Waals surface area contributed by atoms with Crippen molar-refractivity contribution >= 4 is 23.1 Å². The third-order valence-electron chi connectivity index (χ3n) is 3.89. The third kappa shape index (κ3) is 3.85. The van der Waals surface area contributed by atoms with Gasteiger partial charge < -0.3 is 14.2 Å². The molecular formula is C19H20O5S. The Balaban J connectivity index is 1.74. The number of ketones is 1. The van der Waals surface area contributed by atoms with Gasteiger partial charge in [-0.15, -0.1) is 11.3 Å². The summed E-state index contributed by atoms with van der Waals surface area (Å²) in [5.41, 5.74) is 1.88. The molecule has 5 nitrogen and oxygen atoms in total. The number of benzene rings is 1. The zero-order valence-corrected chi connectivity index (χ0v) is 15.3. The lowest BCUT2D eigenvalue weighted by atomic mass is 10.1. The predicted octanol–water partition coefficient (Wildman–Crippen LogP) is 4.03. The maximum absolute atomic E-state index is 12.2. The first-order chi connectivity index (χ1) is 12.0. The van der Waals surface area contributed by atoms with Crippen molar-refractivity contribution < 1.29 is 23.8 Å². The van der Waals surface area contributed by atoms with E-state index in [0.717, 1.165) is 34.6 Å². The minimum absolute atomic E-state index is 0.0624. The molecule has 0 amide bonds. The van der Waals surface area contributed by atoms with E-state index in [2.05, 4.69) is 0 Å². The average Bonchev–Trinajstić information content (AvgIpc) is 3.18. The standard InChI is InChI=1S/C19H20O5S/c1-4-22-15-8-13-7-11(2)24-16(13)9-14(15)10-23-19(21)18-6-5-17(25-18)12(3)20/h5-6,8-9,11H,4,7,10H2,1-3H3/t11-/m1/s1. The van der Waals surface area contributed by atoms with E-state index in [1.807, 2.05) is 26.0 Å². The summed E-state index contributed by atoms with van der Waals surface area (Å²) >= 11 is 1.14. The minimum atomic E-state index is -0.449. The summed E-state index contributed by atoms with van der Waals surface area (Å²) in [4.78, 5) is 24.5. The van der Waals surface area contributed by atoms with Gasteiger partial charge in [0.05, 0.1) is 11.5 Å². The number of rotatable bonds is 6. The summed E-state index contributed by atoms with van der Waals surface area (Å²) < 4.78 is 16.9. The number of Topliss-reactive ketones (excluding diaryl/α,β-unsaturated/α-hetero) is 1. The Morgan fingerprint density at radius 2 is 2.04 bits per heavy atom. The maximum atomic E-state index is 12.2. The van der Waals surface area contributed by atoms with E-state index >= 15 is 0 Å². The fourth-order valence-corrected chi connectivity index (χ4v) is 3.53. The molecular weight excluding hydrogens is 340 g/mol. The quantitative estimate of drug-likeness (QED) is 0.575. The van der Waals surface area contributed by atoms with Gasteiger partial charge in [0.2, 0.25) is 0 Å². The van der Waals surface area contributed by atoms with E-state index in [1.165, 1.54) is 6.92 Å². The molecule has 1 atom stereocenters. The van der Waals surface area contributed by atoms with E-state index in [1.54, 1.807) is 12.1 Å². The number of hydrogen-bond donors (Lipinski definition) is 0. The Morgan fingerprint density at radius 1 is 1.28 bits per heavy atom. The molecule has 0 spiro atoms. The second kappa shape index (κ2) is 7.27. The number of hydrogen-bond acceptors (Lipinski definition) is 6. The molecule has 0 unspecified atom stereocenters. The molecule has 0 radical (unpaired) electrons. The summed E-state index contributed by atoms with van der Waals surface area (Å²) in [6.07, 6.45) is 0.983. The second-order valence-electron chi connectivity index (χ2n) is 5.93. The number of thiophene rings is 1. The van der Waals surface area contributed by atoms with Gasteiger partial charge in [-0.1, -0.05) is 0 Å². The summed E-state index contributed by atoms with van der Waals surface area (Å²) in [5, 5.41) is 0. The fraction of sp³-hybridized carbons (Fsp3) is 0.368. The molecule has 6 heteroatoms. The van der Waals surface area contributed by atoms with Gasteiger partial charge in [-0.25, -0.2) is 4.79 Å². The Kier molecular flexibility index (Phi) is 5.08. The highest BCUT2D eigenvalue weighted by Gasteiger charge is 2.22. The predicted molar refractivity (Wildman–Crippen MR) is 94.8 cm³/mol. The number of esters is 1. The molecule has 1 aromatic heterocycles. The van der Waals surface area contributed by atoms with Gasteiger partial charge >= 0.3 is 5.97 Å². The molecule has 1 aromatic carbocycles. The van der Waals surface area contributed by atoms with Crippen LogP contribution in [-0.4, -0.2) is 24.5 Å². The van der Waals surface area contributed by atoms with Crippen molar-refractivity contribution in [3.8, 4) is 11.5 Å². The first kappa shape index (κ1) is 17.5. The summed E-state index contributed by atoms with van der Waals surface area (Å²) in [5.74, 6) is 1.02. The van der Waals surface area contributed by atoms with Crippen molar-refractivity contribution in [2.75, 3.05) is 6.61 Å². The van der Waals surface area contributed by atoms with Crippen LogP contribution in [0.5, 0.6) is 11.5 Å². The molecule has 0 saturated carbocycles. The van der Waals surface area contributed by atoms with Gasteiger partial charge in [0.1, 0.15) is 29.1 Å². The molecule has 0 aliphatic carbocycles. The topological polar surface area (TPSA) is 61.8 Å². The smallest absolute Gasteiger partial charge is 0.348 e. The molecule has 3 rings (SSSR count). The van der Waals surface area contributed by atoms with E-state index in [4.69, 9.17) is 14.2 Å². The first-order valence-corrected chi connectivity index (χ1v) is 9.02. The van der Waals surface area contributed by atoms with Gasteiger partial charge in [0.25, 0.3) is 0 Å². The van der Waals surface area contributed by atoms with Crippen LogP contribution in [0.3, 0.4) is 0 Å². The van der Waals surface area contributed by atoms with Crippen LogP contribution in [-0.2, 0) is 17.8 Å². The maximum Gasteiger partial charge on any atom is 0.348 e. The highest BCUT2D eigenvalue weighted by atomic mass is 32.1. The van der Waals surface area contributed by atoms with Gasteiger partial charge in [-0.2, -0.15) is 0 Å². The van der Waals surface area contributed by atoms with Crippen molar-refractivity contribution in [1.82, 2.24) is 0 Å². The van der Waals surface area contributed by atoms with Crippen molar-refractivity contribution in [3.63, 3.8) is 0 Å². The lowest BCUT2D eigenvalue weighted by molar-refractivity contribution is 0.0475.